The molecule has 0 aromatic carbocycles. The zero-order chi connectivity index (χ0) is 27.1. The van der Waals surface area contributed by atoms with Crippen molar-refractivity contribution in [2.45, 2.75) is 24.9 Å². The number of aliphatic hydroxyl groups is 1. The highest BCUT2D eigenvalue weighted by Crippen LogP contribution is 2.66. The number of H-pyrrole nitrogens is 1. The minimum absolute atomic E-state index is 0.0110. The van der Waals surface area contributed by atoms with Gasteiger partial charge >= 0.3 is 23.5 Å². The van der Waals surface area contributed by atoms with Crippen molar-refractivity contribution in [1.29, 1.82) is 0 Å². The van der Waals surface area contributed by atoms with Gasteiger partial charge in [-0.2, -0.15) is 13.6 Å². The molecule has 17 nitrogen and oxygen atoms in total. The van der Waals surface area contributed by atoms with E-state index in [1.165, 1.54) is 19.2 Å². The molecule has 36 heavy (non-hydrogen) atoms. The molecule has 0 spiro atoms. The molecule has 8 N–H and O–H groups in total. The number of aromatic nitrogens is 3. The van der Waals surface area contributed by atoms with Gasteiger partial charge in [0, 0.05) is 6.20 Å². The monoisotopic (exact) mass is 576 g/mol. The average Bonchev–Trinajstić information content (AvgIpc) is 3.22. The van der Waals surface area contributed by atoms with Gasteiger partial charge in [-0.05, 0) is 13.0 Å². The number of halogens is 1. The maximum atomic E-state index is 16.2. The number of hydrogen-bond donors (Lipinski definition) is 7. The number of aromatic amines is 1. The van der Waals surface area contributed by atoms with Crippen LogP contribution in [0.3, 0.4) is 0 Å². The van der Waals surface area contributed by atoms with E-state index in [2.05, 4.69) is 35.0 Å². The van der Waals surface area contributed by atoms with E-state index in [1.54, 1.807) is 0 Å². The molecule has 1 saturated heterocycles. The Labute approximate surface area is 200 Å². The van der Waals surface area contributed by atoms with Crippen molar-refractivity contribution in [3.8, 4) is 11.8 Å². The van der Waals surface area contributed by atoms with Gasteiger partial charge in [0.05, 0.1) is 30.6 Å². The van der Waals surface area contributed by atoms with Crippen LogP contribution < -0.4 is 11.3 Å². The molecule has 4 unspecified atom stereocenters. The van der Waals surface area contributed by atoms with Crippen LogP contribution in [0.5, 0.6) is 0 Å². The first-order chi connectivity index (χ1) is 16.5. The fraction of sp³-hybridized carbons (Fsp3) is 0.467. The maximum Gasteiger partial charge on any atom is 0.490 e. The molecular weight excluding hydrogens is 556 g/mol. The summed E-state index contributed by atoms with van der Waals surface area (Å²) in [5, 5.41) is 9.87. The Balaban J connectivity index is 1.91. The van der Waals surface area contributed by atoms with Crippen molar-refractivity contribution in [1.82, 2.24) is 14.5 Å². The molecule has 3 rings (SSSR count). The lowest BCUT2D eigenvalue weighted by atomic mass is 9.87. The first-order valence-corrected chi connectivity index (χ1v) is 14.1. The fourth-order valence-electron chi connectivity index (χ4n) is 3.55. The van der Waals surface area contributed by atoms with E-state index >= 15 is 4.39 Å². The van der Waals surface area contributed by atoms with Crippen LogP contribution >= 0.6 is 23.5 Å². The van der Waals surface area contributed by atoms with Gasteiger partial charge in [-0.1, -0.05) is 5.92 Å². The Morgan fingerprint density at radius 2 is 1.94 bits per heavy atom. The Kier molecular flexibility index (Phi) is 8.00. The second kappa shape index (κ2) is 10.1. The number of phosphoric acid groups is 3. The number of ether oxygens (including phenoxy) is 1. The third-order valence-corrected chi connectivity index (χ3v) is 8.64. The van der Waals surface area contributed by atoms with Gasteiger partial charge in [-0.25, -0.2) is 18.1 Å². The Hall–Kier alpha value is -1.96. The molecule has 200 valence electrons. The van der Waals surface area contributed by atoms with E-state index in [0.717, 1.165) is 4.57 Å². The van der Waals surface area contributed by atoms with Crippen molar-refractivity contribution >= 4 is 40.4 Å². The molecule has 21 heteroatoms. The molecule has 1 aliphatic rings. The van der Waals surface area contributed by atoms with Crippen LogP contribution in [0.2, 0.25) is 0 Å². The summed E-state index contributed by atoms with van der Waals surface area (Å²) in [6, 6.07) is 1.29. The van der Waals surface area contributed by atoms with Crippen LogP contribution in [-0.2, 0) is 31.6 Å². The third-order valence-electron chi connectivity index (χ3n) is 4.84. The van der Waals surface area contributed by atoms with Gasteiger partial charge in [0.15, 0.2) is 11.9 Å². The Morgan fingerprint density at radius 3 is 2.53 bits per heavy atom. The van der Waals surface area contributed by atoms with Crippen molar-refractivity contribution in [2.75, 3.05) is 18.9 Å². The highest BCUT2D eigenvalue weighted by Gasteiger charge is 2.58. The van der Waals surface area contributed by atoms with Crippen molar-refractivity contribution < 1.29 is 60.6 Å². The van der Waals surface area contributed by atoms with E-state index in [0.29, 0.717) is 0 Å². The standard InChI is InChI=1S/C15H20FN4O13P3/c1-2-4-15(16)9(6-21)10(7-30-35(26,27)33-36(28,29)32-34(23,24)25)31-13(15)20-5-3-8-11(20)18-14(17)19-12(8)22/h3,5,9-10,13,21H,6-7H2,1H3,(H,26,27)(H,28,29)(H2,23,24,25)(H3,17,18,19,22)/t9?,10-,13-,15?/m1/s1. The number of fused-ring (bicyclic) bond motifs is 1. The summed E-state index contributed by atoms with van der Waals surface area (Å²) in [4.78, 5) is 54.4. The highest BCUT2D eigenvalue weighted by molar-refractivity contribution is 7.66. The van der Waals surface area contributed by atoms with Crippen LogP contribution in [0.25, 0.3) is 11.0 Å². The van der Waals surface area contributed by atoms with Crippen LogP contribution in [-0.4, -0.2) is 64.2 Å². The quantitative estimate of drug-likeness (QED) is 0.152. The van der Waals surface area contributed by atoms with E-state index in [-0.39, 0.29) is 17.0 Å². The SMILES string of the molecule is CC#CC1(F)C(CO)[C@@H](COP(=O)(O)OP(=O)(O)OP(=O)(O)O)O[C@H]1n1ccc2c(=O)[nH]c(N)nc21. The van der Waals surface area contributed by atoms with E-state index in [9.17, 15) is 33.4 Å². The van der Waals surface area contributed by atoms with Crippen LogP contribution in [0.4, 0.5) is 10.3 Å². The summed E-state index contributed by atoms with van der Waals surface area (Å²) in [7, 11) is -17.0. The van der Waals surface area contributed by atoms with Crippen LogP contribution in [0.1, 0.15) is 13.2 Å². The molecule has 1 aliphatic heterocycles. The lowest BCUT2D eigenvalue weighted by molar-refractivity contribution is -0.0476. The molecule has 0 saturated carbocycles. The fourth-order valence-corrected chi connectivity index (χ4v) is 6.58. The number of alkyl halides is 1. The van der Waals surface area contributed by atoms with E-state index < -0.39 is 66.2 Å². The number of nitrogens with zero attached hydrogens (tertiary/aromatic N) is 2. The predicted molar refractivity (Wildman–Crippen MR) is 116 cm³/mol. The topological polar surface area (TPSA) is 266 Å². The minimum Gasteiger partial charge on any atom is -0.396 e. The van der Waals surface area contributed by atoms with Crippen molar-refractivity contribution in [3.05, 3.63) is 22.6 Å². The second-order valence-electron chi connectivity index (χ2n) is 7.26. The number of phosphoric ester groups is 1. The molecule has 2 aromatic rings. The lowest BCUT2D eigenvalue weighted by Crippen LogP contribution is -2.40. The third kappa shape index (κ3) is 6.12. The van der Waals surface area contributed by atoms with Gasteiger partial charge < -0.3 is 39.7 Å². The number of nitrogens with two attached hydrogens (primary N) is 1. The Bertz CT molecular complexity index is 1410. The number of rotatable bonds is 9. The molecule has 0 bridgehead atoms. The number of hydrogen-bond acceptors (Lipinski definition) is 11. The molecule has 6 atom stereocenters. The van der Waals surface area contributed by atoms with Crippen molar-refractivity contribution in [3.63, 3.8) is 0 Å². The summed E-state index contributed by atoms with van der Waals surface area (Å²) in [6.07, 6.45) is -2.00. The molecule has 3 heterocycles. The first kappa shape index (κ1) is 28.6. The molecule has 0 amide bonds. The largest absolute Gasteiger partial charge is 0.490 e. The number of anilines is 1. The van der Waals surface area contributed by atoms with E-state index in [1.807, 2.05) is 0 Å². The van der Waals surface area contributed by atoms with Gasteiger partial charge in [-0.3, -0.25) is 14.3 Å². The zero-order valence-electron chi connectivity index (χ0n) is 18.0. The molecule has 1 fully saturated rings. The van der Waals surface area contributed by atoms with Crippen LogP contribution in [0.15, 0.2) is 17.1 Å². The van der Waals surface area contributed by atoms with Crippen LogP contribution in [0, 0.1) is 17.8 Å². The summed E-state index contributed by atoms with van der Waals surface area (Å²) >= 11 is 0. The minimum atomic E-state index is -5.79. The number of nitrogens with one attached hydrogen (secondary N) is 1. The van der Waals surface area contributed by atoms with Crippen molar-refractivity contribution in [2.24, 2.45) is 5.92 Å². The number of nitrogen functional groups attached to an aromatic ring is 1. The Morgan fingerprint density at radius 1 is 1.28 bits per heavy atom. The smallest absolute Gasteiger partial charge is 0.396 e. The average molecular weight is 576 g/mol. The molecule has 0 aliphatic carbocycles. The highest BCUT2D eigenvalue weighted by atomic mass is 31.3. The summed E-state index contributed by atoms with van der Waals surface area (Å²) in [5.74, 6) is 2.78. The summed E-state index contributed by atoms with van der Waals surface area (Å²) in [6.45, 7) is -0.680. The molecule has 2 aromatic heterocycles. The lowest BCUT2D eigenvalue weighted by Gasteiger charge is -2.26. The van der Waals surface area contributed by atoms with Gasteiger partial charge in [0.2, 0.25) is 11.6 Å². The second-order valence-corrected chi connectivity index (χ2v) is 11.7. The zero-order valence-corrected chi connectivity index (χ0v) is 20.7. The van der Waals surface area contributed by atoms with E-state index in [4.69, 9.17) is 20.3 Å². The van der Waals surface area contributed by atoms with Gasteiger partial charge in [-0.15, -0.1) is 5.92 Å². The maximum absolute atomic E-state index is 16.2. The summed E-state index contributed by atoms with van der Waals surface area (Å²) in [5.41, 5.74) is 2.14. The number of aliphatic hydroxyl groups excluding tert-OH is 1. The predicted octanol–water partition coefficient (Wildman–Crippen LogP) is -0.112. The van der Waals surface area contributed by atoms with Gasteiger partial charge in [0.1, 0.15) is 0 Å². The molecule has 0 radical (unpaired) electrons. The molecular formula is C15H20FN4O13P3. The summed E-state index contributed by atoms with van der Waals surface area (Å²) < 4.78 is 68.9. The van der Waals surface area contributed by atoms with Gasteiger partial charge in [0.25, 0.3) is 5.56 Å². The first-order valence-electron chi connectivity index (χ1n) is 9.56. The normalized spacial score (nSPS) is 27.8.